The Morgan fingerprint density at radius 3 is 2.84 bits per heavy atom. The van der Waals surface area contributed by atoms with Crippen LogP contribution in [0.4, 0.5) is 5.13 Å². The van der Waals surface area contributed by atoms with Crippen LogP contribution < -0.4 is 5.56 Å². The quantitative estimate of drug-likeness (QED) is 0.541. The van der Waals surface area contributed by atoms with Gasteiger partial charge in [0, 0.05) is 16.9 Å². The molecule has 2 aromatic carbocycles. The molecular formula is C18H13ClN4OS. The van der Waals surface area contributed by atoms with E-state index in [1.54, 1.807) is 12.3 Å². The number of thiazole rings is 1. The van der Waals surface area contributed by atoms with E-state index in [-0.39, 0.29) is 5.56 Å². The SMILES string of the molecule is Cc1[nH]n(-c2ccccc2)c(=O)c1C=Nc1nc2ccc(Cl)cc2s1. The zero-order chi connectivity index (χ0) is 17.4. The minimum Gasteiger partial charge on any atom is -0.295 e. The maximum atomic E-state index is 12.6. The van der Waals surface area contributed by atoms with E-state index in [4.69, 9.17) is 11.6 Å². The van der Waals surface area contributed by atoms with Gasteiger partial charge in [0.25, 0.3) is 5.56 Å². The number of halogens is 1. The van der Waals surface area contributed by atoms with Crippen LogP contribution >= 0.6 is 22.9 Å². The summed E-state index contributed by atoms with van der Waals surface area (Å²) < 4.78 is 2.47. The Morgan fingerprint density at radius 1 is 1.24 bits per heavy atom. The maximum Gasteiger partial charge on any atom is 0.280 e. The summed E-state index contributed by atoms with van der Waals surface area (Å²) in [6, 6.07) is 14.9. The lowest BCUT2D eigenvalue weighted by molar-refractivity contribution is 0.835. The van der Waals surface area contributed by atoms with Crippen LogP contribution in [0.1, 0.15) is 11.3 Å². The molecule has 0 fully saturated rings. The second-order valence-electron chi connectivity index (χ2n) is 5.49. The van der Waals surface area contributed by atoms with Crippen LogP contribution in [0.2, 0.25) is 5.02 Å². The van der Waals surface area contributed by atoms with Gasteiger partial charge in [-0.05, 0) is 37.3 Å². The largest absolute Gasteiger partial charge is 0.295 e. The fraction of sp³-hybridized carbons (Fsp3) is 0.0556. The number of fused-ring (bicyclic) bond motifs is 1. The molecule has 0 bridgehead atoms. The molecule has 0 radical (unpaired) electrons. The third-order valence-corrected chi connectivity index (χ3v) is 4.94. The van der Waals surface area contributed by atoms with Crippen molar-refractivity contribution < 1.29 is 0 Å². The van der Waals surface area contributed by atoms with Gasteiger partial charge >= 0.3 is 0 Å². The first-order valence-electron chi connectivity index (χ1n) is 7.59. The van der Waals surface area contributed by atoms with Gasteiger partial charge < -0.3 is 0 Å². The highest BCUT2D eigenvalue weighted by molar-refractivity contribution is 7.22. The summed E-state index contributed by atoms with van der Waals surface area (Å²) in [6.45, 7) is 1.85. The van der Waals surface area contributed by atoms with E-state index in [1.165, 1.54) is 16.0 Å². The van der Waals surface area contributed by atoms with Crippen molar-refractivity contribution in [1.29, 1.82) is 0 Å². The number of aromatic amines is 1. The number of aryl methyl sites for hydroxylation is 1. The maximum absolute atomic E-state index is 12.6. The fourth-order valence-electron chi connectivity index (χ4n) is 2.53. The van der Waals surface area contributed by atoms with Crippen molar-refractivity contribution in [1.82, 2.24) is 14.8 Å². The van der Waals surface area contributed by atoms with Crippen LogP contribution in [-0.2, 0) is 0 Å². The number of H-pyrrole nitrogens is 1. The van der Waals surface area contributed by atoms with Gasteiger partial charge in [0.2, 0.25) is 5.13 Å². The molecule has 0 atom stereocenters. The zero-order valence-corrected chi connectivity index (χ0v) is 14.8. The van der Waals surface area contributed by atoms with Gasteiger partial charge in [-0.25, -0.2) is 14.7 Å². The summed E-state index contributed by atoms with van der Waals surface area (Å²) in [4.78, 5) is 21.4. The molecule has 0 saturated heterocycles. The molecule has 0 aliphatic rings. The average molecular weight is 369 g/mol. The first-order valence-corrected chi connectivity index (χ1v) is 8.78. The summed E-state index contributed by atoms with van der Waals surface area (Å²) in [7, 11) is 0. The van der Waals surface area contributed by atoms with Crippen LogP contribution in [0.15, 0.2) is 58.3 Å². The van der Waals surface area contributed by atoms with E-state index in [9.17, 15) is 4.79 Å². The van der Waals surface area contributed by atoms with Gasteiger partial charge in [0.15, 0.2) is 0 Å². The summed E-state index contributed by atoms with van der Waals surface area (Å²) in [5.74, 6) is 0. The summed E-state index contributed by atoms with van der Waals surface area (Å²) >= 11 is 7.43. The third-order valence-electron chi connectivity index (χ3n) is 3.77. The molecule has 0 spiro atoms. The number of rotatable bonds is 3. The standard InChI is InChI=1S/C18H13ClN4OS/c1-11-14(17(24)23(22-11)13-5-3-2-4-6-13)10-20-18-21-15-8-7-12(19)9-16(15)25-18/h2-10,22H,1H3. The zero-order valence-electron chi connectivity index (χ0n) is 13.2. The minimum atomic E-state index is -0.142. The molecule has 1 N–H and O–H groups in total. The van der Waals surface area contributed by atoms with Gasteiger partial charge in [-0.1, -0.05) is 41.1 Å². The number of nitrogens with zero attached hydrogens (tertiary/aromatic N) is 3. The number of hydrogen-bond donors (Lipinski definition) is 1. The van der Waals surface area contributed by atoms with E-state index in [0.717, 1.165) is 21.6 Å². The second-order valence-corrected chi connectivity index (χ2v) is 6.94. The van der Waals surface area contributed by atoms with Crippen molar-refractivity contribution in [2.45, 2.75) is 6.92 Å². The van der Waals surface area contributed by atoms with E-state index < -0.39 is 0 Å². The Kier molecular flexibility index (Phi) is 3.99. The molecule has 4 aromatic rings. The van der Waals surface area contributed by atoms with Gasteiger partial charge in [0.05, 0.1) is 21.5 Å². The predicted octanol–water partition coefficient (Wildman–Crippen LogP) is 4.49. The molecule has 0 saturated carbocycles. The molecule has 5 nitrogen and oxygen atoms in total. The molecule has 7 heteroatoms. The molecule has 4 rings (SSSR count). The Hall–Kier alpha value is -2.70. The van der Waals surface area contributed by atoms with E-state index in [2.05, 4.69) is 15.1 Å². The summed E-state index contributed by atoms with van der Waals surface area (Å²) in [5.41, 5.74) is 2.75. The van der Waals surface area contributed by atoms with Gasteiger partial charge in [-0.2, -0.15) is 0 Å². The molecule has 0 amide bonds. The van der Waals surface area contributed by atoms with Crippen LogP contribution in [0.25, 0.3) is 15.9 Å². The highest BCUT2D eigenvalue weighted by atomic mass is 35.5. The molecular weight excluding hydrogens is 356 g/mol. The number of hydrogen-bond acceptors (Lipinski definition) is 4. The van der Waals surface area contributed by atoms with E-state index >= 15 is 0 Å². The molecule has 2 aromatic heterocycles. The molecule has 0 aliphatic carbocycles. The van der Waals surface area contributed by atoms with Crippen molar-refractivity contribution >= 4 is 44.5 Å². The Morgan fingerprint density at radius 2 is 2.04 bits per heavy atom. The van der Waals surface area contributed by atoms with Crippen LogP contribution in [0.3, 0.4) is 0 Å². The van der Waals surface area contributed by atoms with E-state index in [0.29, 0.717) is 15.7 Å². The third kappa shape index (κ3) is 3.01. The Bertz CT molecular complexity index is 1140. The molecule has 124 valence electrons. The van der Waals surface area contributed by atoms with Crippen molar-refractivity contribution in [3.05, 3.63) is 75.2 Å². The lowest BCUT2D eigenvalue weighted by Gasteiger charge is -1.99. The first-order chi connectivity index (χ1) is 12.1. The lowest BCUT2D eigenvalue weighted by Crippen LogP contribution is -2.17. The predicted molar refractivity (Wildman–Crippen MR) is 103 cm³/mol. The van der Waals surface area contributed by atoms with Gasteiger partial charge in [-0.15, -0.1) is 0 Å². The minimum absolute atomic E-state index is 0.142. The first kappa shape index (κ1) is 15.8. The van der Waals surface area contributed by atoms with Gasteiger partial charge in [0.1, 0.15) is 0 Å². The Balaban J connectivity index is 1.71. The average Bonchev–Trinajstić information content (AvgIpc) is 3.14. The number of para-hydroxylation sites is 1. The van der Waals surface area contributed by atoms with Crippen molar-refractivity contribution in [3.8, 4) is 5.69 Å². The molecule has 0 aliphatic heterocycles. The topological polar surface area (TPSA) is 63.0 Å². The highest BCUT2D eigenvalue weighted by Crippen LogP contribution is 2.29. The highest BCUT2D eigenvalue weighted by Gasteiger charge is 2.11. The number of aliphatic imine (C=N–C) groups is 1. The van der Waals surface area contributed by atoms with Crippen molar-refractivity contribution in [3.63, 3.8) is 0 Å². The normalized spacial score (nSPS) is 11.6. The molecule has 25 heavy (non-hydrogen) atoms. The van der Waals surface area contributed by atoms with Crippen molar-refractivity contribution in [2.75, 3.05) is 0 Å². The summed E-state index contributed by atoms with van der Waals surface area (Å²) in [5, 5.41) is 4.33. The van der Waals surface area contributed by atoms with Crippen molar-refractivity contribution in [2.24, 2.45) is 4.99 Å². The molecule has 0 unspecified atom stereocenters. The second kappa shape index (κ2) is 6.31. The smallest absolute Gasteiger partial charge is 0.280 e. The van der Waals surface area contributed by atoms with Crippen LogP contribution in [0, 0.1) is 6.92 Å². The van der Waals surface area contributed by atoms with Gasteiger partial charge in [-0.3, -0.25) is 9.89 Å². The van der Waals surface area contributed by atoms with E-state index in [1.807, 2.05) is 49.4 Å². The lowest BCUT2D eigenvalue weighted by atomic mass is 10.3. The summed E-state index contributed by atoms with van der Waals surface area (Å²) in [6.07, 6.45) is 1.56. The number of benzene rings is 2. The Labute approximate surface area is 152 Å². The van der Waals surface area contributed by atoms with Crippen LogP contribution in [-0.4, -0.2) is 21.0 Å². The number of nitrogens with one attached hydrogen (secondary N) is 1. The molecule has 2 heterocycles. The monoisotopic (exact) mass is 368 g/mol. The number of aromatic nitrogens is 3. The fourth-order valence-corrected chi connectivity index (χ4v) is 3.62. The van der Waals surface area contributed by atoms with Crippen LogP contribution in [0.5, 0.6) is 0 Å².